The summed E-state index contributed by atoms with van der Waals surface area (Å²) in [4.78, 5) is 24.0. The smallest absolute Gasteiger partial charge is 0.228 e. The number of hydrogen-bond donors (Lipinski definition) is 3. The topological polar surface area (TPSA) is 110 Å². The molecule has 4 rings (SSSR count). The standard InChI is InChI=1S/C21H23N7O2/c1-11-9-23-21(25-17-8-12(2)28(4)27-17)26-18(11)15-10-22-19-14(15)6-7-16(30-5)20(19)24-13(3)29/h6-10,22H,1-5H3,(H,24,29)(H,23,25,26,27). The third-order valence-electron chi connectivity index (χ3n) is 4.92. The Morgan fingerprint density at radius 2 is 2.07 bits per heavy atom. The van der Waals surface area contributed by atoms with Crippen LogP contribution < -0.4 is 15.4 Å². The first-order valence-electron chi connectivity index (χ1n) is 9.44. The number of hydrogen-bond acceptors (Lipinski definition) is 6. The summed E-state index contributed by atoms with van der Waals surface area (Å²) in [5, 5.41) is 11.3. The van der Waals surface area contributed by atoms with Crippen molar-refractivity contribution in [1.82, 2.24) is 24.7 Å². The zero-order valence-electron chi connectivity index (χ0n) is 17.5. The minimum absolute atomic E-state index is 0.174. The van der Waals surface area contributed by atoms with E-state index in [1.165, 1.54) is 6.92 Å². The number of nitrogens with one attached hydrogen (secondary N) is 3. The molecular formula is C21H23N7O2. The first kappa shape index (κ1) is 19.4. The maximum Gasteiger partial charge on any atom is 0.228 e. The molecular weight excluding hydrogens is 382 g/mol. The molecule has 0 unspecified atom stereocenters. The fraction of sp³-hybridized carbons (Fsp3) is 0.238. The number of fused-ring (bicyclic) bond motifs is 1. The summed E-state index contributed by atoms with van der Waals surface area (Å²) in [6.45, 7) is 5.40. The van der Waals surface area contributed by atoms with E-state index in [9.17, 15) is 4.79 Å². The molecule has 3 aromatic heterocycles. The summed E-state index contributed by atoms with van der Waals surface area (Å²) in [7, 11) is 3.46. The van der Waals surface area contributed by atoms with Gasteiger partial charge in [-0.15, -0.1) is 0 Å². The average Bonchev–Trinajstić information content (AvgIpc) is 3.26. The van der Waals surface area contributed by atoms with Crippen molar-refractivity contribution < 1.29 is 9.53 Å². The summed E-state index contributed by atoms with van der Waals surface area (Å²) in [6.07, 6.45) is 3.65. The number of H-pyrrole nitrogens is 1. The molecule has 0 bridgehead atoms. The Morgan fingerprint density at radius 1 is 1.27 bits per heavy atom. The molecule has 9 heteroatoms. The molecule has 30 heavy (non-hydrogen) atoms. The van der Waals surface area contributed by atoms with Gasteiger partial charge < -0.3 is 20.4 Å². The maximum absolute atomic E-state index is 11.7. The lowest BCUT2D eigenvalue weighted by molar-refractivity contribution is -0.114. The predicted molar refractivity (Wildman–Crippen MR) is 116 cm³/mol. The van der Waals surface area contributed by atoms with E-state index in [1.807, 2.05) is 45.3 Å². The third-order valence-corrected chi connectivity index (χ3v) is 4.92. The fourth-order valence-electron chi connectivity index (χ4n) is 3.36. The maximum atomic E-state index is 11.7. The van der Waals surface area contributed by atoms with Crippen LogP contribution in [0.3, 0.4) is 0 Å². The highest BCUT2D eigenvalue weighted by Crippen LogP contribution is 2.38. The van der Waals surface area contributed by atoms with E-state index in [0.717, 1.165) is 33.4 Å². The molecule has 3 heterocycles. The number of anilines is 3. The van der Waals surface area contributed by atoms with Crippen LogP contribution in [0.5, 0.6) is 5.75 Å². The molecule has 9 nitrogen and oxygen atoms in total. The molecule has 0 aliphatic carbocycles. The van der Waals surface area contributed by atoms with Crippen LogP contribution in [0.4, 0.5) is 17.5 Å². The normalized spacial score (nSPS) is 11.0. The molecule has 0 radical (unpaired) electrons. The van der Waals surface area contributed by atoms with Crippen molar-refractivity contribution >= 4 is 34.3 Å². The molecule has 0 aliphatic rings. The second kappa shape index (κ2) is 7.51. The Morgan fingerprint density at radius 3 is 2.73 bits per heavy atom. The van der Waals surface area contributed by atoms with Crippen molar-refractivity contribution in [3.8, 4) is 17.0 Å². The van der Waals surface area contributed by atoms with Crippen LogP contribution in [0.2, 0.25) is 0 Å². The van der Waals surface area contributed by atoms with Crippen molar-refractivity contribution in [3.05, 3.63) is 41.9 Å². The second-order valence-electron chi connectivity index (χ2n) is 7.09. The van der Waals surface area contributed by atoms with E-state index in [2.05, 4.69) is 25.7 Å². The number of aryl methyl sites for hydroxylation is 3. The lowest BCUT2D eigenvalue weighted by atomic mass is 10.1. The first-order valence-corrected chi connectivity index (χ1v) is 9.44. The molecule has 0 spiro atoms. The third kappa shape index (κ3) is 3.45. The number of ether oxygens (including phenoxy) is 1. The van der Waals surface area contributed by atoms with Crippen LogP contribution in [0, 0.1) is 13.8 Å². The summed E-state index contributed by atoms with van der Waals surface area (Å²) in [6, 6.07) is 5.71. The highest BCUT2D eigenvalue weighted by atomic mass is 16.5. The van der Waals surface area contributed by atoms with Gasteiger partial charge in [0, 0.05) is 49.1 Å². The zero-order valence-corrected chi connectivity index (χ0v) is 17.5. The molecule has 0 fully saturated rings. The van der Waals surface area contributed by atoms with Gasteiger partial charge in [-0.2, -0.15) is 5.10 Å². The van der Waals surface area contributed by atoms with E-state index in [-0.39, 0.29) is 5.91 Å². The van der Waals surface area contributed by atoms with Crippen molar-refractivity contribution in [2.24, 2.45) is 7.05 Å². The lowest BCUT2D eigenvalue weighted by Gasteiger charge is -2.11. The van der Waals surface area contributed by atoms with Crippen LogP contribution in [0.15, 0.2) is 30.6 Å². The van der Waals surface area contributed by atoms with Crippen LogP contribution in [-0.2, 0) is 11.8 Å². The minimum Gasteiger partial charge on any atom is -0.494 e. The molecule has 0 saturated heterocycles. The molecule has 1 amide bonds. The molecule has 3 N–H and O–H groups in total. The van der Waals surface area contributed by atoms with Crippen LogP contribution in [-0.4, -0.2) is 37.7 Å². The van der Waals surface area contributed by atoms with Crippen molar-refractivity contribution in [2.75, 3.05) is 17.7 Å². The first-order chi connectivity index (χ1) is 14.4. The Bertz CT molecular complexity index is 1240. The van der Waals surface area contributed by atoms with Gasteiger partial charge in [0.05, 0.1) is 18.3 Å². The van der Waals surface area contributed by atoms with Gasteiger partial charge in [-0.1, -0.05) is 0 Å². The molecule has 1 aromatic carbocycles. The summed E-state index contributed by atoms with van der Waals surface area (Å²) in [5.41, 5.74) is 5.01. The lowest BCUT2D eigenvalue weighted by Crippen LogP contribution is -2.07. The van der Waals surface area contributed by atoms with Gasteiger partial charge >= 0.3 is 0 Å². The van der Waals surface area contributed by atoms with Gasteiger partial charge in [0.15, 0.2) is 5.82 Å². The van der Waals surface area contributed by atoms with Gasteiger partial charge in [-0.3, -0.25) is 9.48 Å². The molecule has 0 saturated carbocycles. The summed E-state index contributed by atoms with van der Waals surface area (Å²) in [5.74, 6) is 1.55. The number of aromatic nitrogens is 5. The number of methoxy groups -OCH3 is 1. The number of benzene rings is 1. The highest BCUT2D eigenvalue weighted by Gasteiger charge is 2.17. The second-order valence-corrected chi connectivity index (χ2v) is 7.09. The molecule has 0 aliphatic heterocycles. The number of amides is 1. The van der Waals surface area contributed by atoms with E-state index in [1.54, 1.807) is 18.0 Å². The Labute approximate surface area is 173 Å². The van der Waals surface area contributed by atoms with Gasteiger partial charge in [0.25, 0.3) is 0 Å². The Kier molecular flexibility index (Phi) is 4.86. The quantitative estimate of drug-likeness (QED) is 0.467. The summed E-state index contributed by atoms with van der Waals surface area (Å²) >= 11 is 0. The van der Waals surface area contributed by atoms with Gasteiger partial charge in [-0.25, -0.2) is 9.97 Å². The van der Waals surface area contributed by atoms with Gasteiger partial charge in [0.2, 0.25) is 11.9 Å². The number of carbonyl (C=O) groups excluding carboxylic acids is 1. The van der Waals surface area contributed by atoms with E-state index < -0.39 is 0 Å². The van der Waals surface area contributed by atoms with Crippen LogP contribution >= 0.6 is 0 Å². The molecule has 4 aromatic rings. The van der Waals surface area contributed by atoms with Crippen LogP contribution in [0.1, 0.15) is 18.2 Å². The Balaban J connectivity index is 1.79. The molecule has 154 valence electrons. The fourth-order valence-corrected chi connectivity index (χ4v) is 3.36. The average molecular weight is 405 g/mol. The Hall–Kier alpha value is -3.88. The molecule has 0 atom stereocenters. The monoisotopic (exact) mass is 405 g/mol. The zero-order chi connectivity index (χ0) is 21.4. The number of aromatic amines is 1. The van der Waals surface area contributed by atoms with Crippen molar-refractivity contribution in [3.63, 3.8) is 0 Å². The number of carbonyl (C=O) groups is 1. The van der Waals surface area contributed by atoms with Gasteiger partial charge in [-0.05, 0) is 31.5 Å². The van der Waals surface area contributed by atoms with Crippen LogP contribution in [0.25, 0.3) is 22.2 Å². The number of nitrogens with zero attached hydrogens (tertiary/aromatic N) is 4. The van der Waals surface area contributed by atoms with Crippen molar-refractivity contribution in [2.45, 2.75) is 20.8 Å². The highest BCUT2D eigenvalue weighted by molar-refractivity contribution is 6.07. The number of rotatable bonds is 5. The predicted octanol–water partition coefficient (Wildman–Crippen LogP) is 3.69. The van der Waals surface area contributed by atoms with E-state index in [4.69, 9.17) is 9.72 Å². The van der Waals surface area contributed by atoms with Crippen molar-refractivity contribution in [1.29, 1.82) is 0 Å². The van der Waals surface area contributed by atoms with E-state index in [0.29, 0.717) is 23.2 Å². The SMILES string of the molecule is COc1ccc2c(-c3nc(Nc4cc(C)n(C)n4)ncc3C)c[nH]c2c1NC(C)=O. The van der Waals surface area contributed by atoms with E-state index >= 15 is 0 Å². The largest absolute Gasteiger partial charge is 0.494 e. The van der Waals surface area contributed by atoms with Gasteiger partial charge in [0.1, 0.15) is 11.4 Å². The summed E-state index contributed by atoms with van der Waals surface area (Å²) < 4.78 is 7.20. The minimum atomic E-state index is -0.174.